The molecule has 1 amide bonds. The van der Waals surface area contributed by atoms with Crippen LogP contribution in [0, 0.1) is 6.92 Å². The SMILES string of the molecule is CCCCCNc1nc2ccc(C)cn2c(=O)c1/C=C1/SC(=S)N(CC(=O)O)C1=O. The van der Waals surface area contributed by atoms with Gasteiger partial charge in [-0.05, 0) is 31.1 Å². The van der Waals surface area contributed by atoms with Crippen LogP contribution in [-0.2, 0) is 9.59 Å². The number of aromatic nitrogens is 2. The number of unbranched alkanes of at least 4 members (excludes halogenated alkanes) is 2. The number of carboxylic acids is 1. The minimum Gasteiger partial charge on any atom is -0.480 e. The summed E-state index contributed by atoms with van der Waals surface area (Å²) in [6, 6.07) is 3.64. The molecule has 1 aliphatic heterocycles. The zero-order valence-electron chi connectivity index (χ0n) is 16.7. The molecular weight excluding hydrogens is 424 g/mol. The fraction of sp³-hybridized carbons (Fsp3) is 0.350. The van der Waals surface area contributed by atoms with Gasteiger partial charge in [0.05, 0.1) is 10.5 Å². The number of thioether (sulfide) groups is 1. The van der Waals surface area contributed by atoms with Gasteiger partial charge in [0.15, 0.2) is 0 Å². The third kappa shape index (κ3) is 4.71. The third-order valence-corrected chi connectivity index (χ3v) is 5.90. The lowest BCUT2D eigenvalue weighted by Crippen LogP contribution is -2.33. The number of nitrogens with one attached hydrogen (secondary N) is 1. The molecule has 0 unspecified atom stereocenters. The topological polar surface area (TPSA) is 104 Å². The van der Waals surface area contributed by atoms with Crippen LogP contribution in [0.1, 0.15) is 37.3 Å². The van der Waals surface area contributed by atoms with Gasteiger partial charge in [-0.15, -0.1) is 0 Å². The molecule has 3 rings (SSSR count). The van der Waals surface area contributed by atoms with Crippen molar-refractivity contribution in [3.8, 4) is 0 Å². The number of pyridine rings is 1. The maximum absolute atomic E-state index is 13.2. The average molecular weight is 447 g/mol. The standard InChI is InChI=1S/C20H22N4O4S2/c1-3-4-5-8-21-17-13(18(27)23-10-12(2)6-7-15(23)22-17)9-14-19(28)24(11-16(25)26)20(29)30-14/h6-7,9-10,21H,3-5,8,11H2,1-2H3,(H,25,26)/b14-9+. The first-order valence-electron chi connectivity index (χ1n) is 9.56. The van der Waals surface area contributed by atoms with Gasteiger partial charge in [0.2, 0.25) is 0 Å². The van der Waals surface area contributed by atoms with Crippen LogP contribution in [0.25, 0.3) is 11.7 Å². The highest BCUT2D eigenvalue weighted by atomic mass is 32.2. The van der Waals surface area contributed by atoms with Gasteiger partial charge >= 0.3 is 5.97 Å². The van der Waals surface area contributed by atoms with Crippen LogP contribution in [0.5, 0.6) is 0 Å². The van der Waals surface area contributed by atoms with E-state index in [1.165, 1.54) is 10.5 Å². The molecule has 0 radical (unpaired) electrons. The molecule has 0 saturated carbocycles. The summed E-state index contributed by atoms with van der Waals surface area (Å²) in [6.45, 7) is 4.11. The first-order chi connectivity index (χ1) is 14.3. The minimum atomic E-state index is -1.16. The molecule has 2 aromatic heterocycles. The number of hydrogen-bond donors (Lipinski definition) is 2. The minimum absolute atomic E-state index is 0.149. The number of carboxylic acid groups (broad SMARTS) is 1. The molecule has 0 bridgehead atoms. The highest BCUT2D eigenvalue weighted by molar-refractivity contribution is 8.26. The largest absolute Gasteiger partial charge is 0.480 e. The first-order valence-corrected chi connectivity index (χ1v) is 10.8. The van der Waals surface area contributed by atoms with Gasteiger partial charge in [0, 0.05) is 12.7 Å². The quantitative estimate of drug-likeness (QED) is 0.362. The summed E-state index contributed by atoms with van der Waals surface area (Å²) in [6.07, 6.45) is 6.17. The van der Waals surface area contributed by atoms with Crippen molar-refractivity contribution in [3.05, 3.63) is 44.7 Å². The van der Waals surface area contributed by atoms with Gasteiger partial charge in [-0.2, -0.15) is 0 Å². The van der Waals surface area contributed by atoms with Crippen molar-refractivity contribution in [3.63, 3.8) is 0 Å². The number of thiocarbonyl (C=S) groups is 1. The van der Waals surface area contributed by atoms with Crippen LogP contribution in [0.4, 0.5) is 5.82 Å². The molecule has 1 fully saturated rings. The molecular formula is C20H22N4O4S2. The van der Waals surface area contributed by atoms with Gasteiger partial charge in [0.25, 0.3) is 11.5 Å². The maximum atomic E-state index is 13.2. The summed E-state index contributed by atoms with van der Waals surface area (Å²) in [5, 5.41) is 12.2. The van der Waals surface area contributed by atoms with Crippen molar-refractivity contribution >= 4 is 57.7 Å². The molecule has 1 aliphatic rings. The van der Waals surface area contributed by atoms with E-state index < -0.39 is 18.4 Å². The van der Waals surface area contributed by atoms with Gasteiger partial charge in [-0.1, -0.05) is 49.8 Å². The lowest BCUT2D eigenvalue weighted by Gasteiger charge is -2.12. The van der Waals surface area contributed by atoms with Gasteiger partial charge in [-0.3, -0.25) is 23.7 Å². The number of hydrogen-bond acceptors (Lipinski definition) is 7. The van der Waals surface area contributed by atoms with Crippen LogP contribution < -0.4 is 10.9 Å². The summed E-state index contributed by atoms with van der Waals surface area (Å²) in [4.78, 5) is 42.6. The summed E-state index contributed by atoms with van der Waals surface area (Å²) in [7, 11) is 0. The number of anilines is 1. The van der Waals surface area contributed by atoms with E-state index in [9.17, 15) is 14.4 Å². The van der Waals surface area contributed by atoms with Crippen molar-refractivity contribution in [2.75, 3.05) is 18.4 Å². The molecule has 0 atom stereocenters. The third-order valence-electron chi connectivity index (χ3n) is 4.52. The van der Waals surface area contributed by atoms with Gasteiger partial charge in [0.1, 0.15) is 22.3 Å². The second-order valence-electron chi connectivity index (χ2n) is 6.91. The Hall–Kier alpha value is -2.72. The Morgan fingerprint density at radius 3 is 2.80 bits per heavy atom. The summed E-state index contributed by atoms with van der Waals surface area (Å²) in [5.74, 6) is -1.30. The second-order valence-corrected chi connectivity index (χ2v) is 8.59. The van der Waals surface area contributed by atoms with E-state index in [-0.39, 0.29) is 20.3 Å². The molecule has 3 heterocycles. The summed E-state index contributed by atoms with van der Waals surface area (Å²) in [5.41, 5.74) is 1.32. The van der Waals surface area contributed by atoms with Gasteiger partial charge < -0.3 is 10.4 Å². The lowest BCUT2D eigenvalue weighted by molar-refractivity contribution is -0.140. The number of aryl methyl sites for hydroxylation is 1. The molecule has 0 spiro atoms. The zero-order chi connectivity index (χ0) is 21.8. The number of aliphatic carboxylic acids is 1. The Bertz CT molecular complexity index is 1110. The number of nitrogens with zero attached hydrogens (tertiary/aromatic N) is 3. The van der Waals surface area contributed by atoms with Crippen LogP contribution in [-0.4, -0.2) is 48.7 Å². The van der Waals surface area contributed by atoms with E-state index in [1.54, 1.807) is 12.3 Å². The Morgan fingerprint density at radius 2 is 2.10 bits per heavy atom. The monoisotopic (exact) mass is 446 g/mol. The van der Waals surface area contributed by atoms with E-state index >= 15 is 0 Å². The predicted octanol–water partition coefficient (Wildman–Crippen LogP) is 2.89. The van der Waals surface area contributed by atoms with E-state index in [1.807, 2.05) is 13.0 Å². The van der Waals surface area contributed by atoms with Crippen molar-refractivity contribution in [1.29, 1.82) is 0 Å². The highest BCUT2D eigenvalue weighted by Crippen LogP contribution is 2.32. The Morgan fingerprint density at radius 1 is 1.33 bits per heavy atom. The van der Waals surface area contributed by atoms with Crippen LogP contribution in [0.15, 0.2) is 28.0 Å². The number of fused-ring (bicyclic) bond motifs is 1. The molecule has 10 heteroatoms. The van der Waals surface area contributed by atoms with Gasteiger partial charge in [-0.25, -0.2) is 4.98 Å². The summed E-state index contributed by atoms with van der Waals surface area (Å²) >= 11 is 6.12. The Labute approximate surface area is 183 Å². The molecule has 8 nitrogen and oxygen atoms in total. The summed E-state index contributed by atoms with van der Waals surface area (Å²) < 4.78 is 1.59. The van der Waals surface area contributed by atoms with Crippen molar-refractivity contribution in [2.24, 2.45) is 0 Å². The fourth-order valence-electron chi connectivity index (χ4n) is 3.01. The Balaban J connectivity index is 2.06. The second kappa shape index (κ2) is 9.40. The first kappa shape index (κ1) is 22.0. The highest BCUT2D eigenvalue weighted by Gasteiger charge is 2.34. The number of carbonyl (C=O) groups excluding carboxylic acids is 1. The predicted molar refractivity (Wildman–Crippen MR) is 122 cm³/mol. The zero-order valence-corrected chi connectivity index (χ0v) is 18.3. The van der Waals surface area contributed by atoms with Crippen LogP contribution >= 0.6 is 24.0 Å². The van der Waals surface area contributed by atoms with E-state index in [0.717, 1.165) is 41.5 Å². The molecule has 158 valence electrons. The number of amides is 1. The van der Waals surface area contributed by atoms with Crippen LogP contribution in [0.2, 0.25) is 0 Å². The van der Waals surface area contributed by atoms with Crippen molar-refractivity contribution < 1.29 is 14.7 Å². The van der Waals surface area contributed by atoms with Crippen LogP contribution in [0.3, 0.4) is 0 Å². The Kier molecular flexibility index (Phi) is 6.88. The molecule has 0 aliphatic carbocycles. The lowest BCUT2D eigenvalue weighted by atomic mass is 10.2. The number of carbonyl (C=O) groups is 2. The average Bonchev–Trinajstić information content (AvgIpc) is 2.95. The number of rotatable bonds is 8. The maximum Gasteiger partial charge on any atom is 0.323 e. The normalized spacial score (nSPS) is 15.4. The van der Waals surface area contributed by atoms with Crippen molar-refractivity contribution in [2.45, 2.75) is 33.1 Å². The molecule has 2 N–H and O–H groups in total. The smallest absolute Gasteiger partial charge is 0.323 e. The van der Waals surface area contributed by atoms with E-state index in [0.29, 0.717) is 18.0 Å². The fourth-order valence-corrected chi connectivity index (χ4v) is 4.24. The molecule has 1 saturated heterocycles. The van der Waals surface area contributed by atoms with E-state index in [2.05, 4.69) is 17.2 Å². The molecule has 2 aromatic rings. The molecule has 30 heavy (non-hydrogen) atoms. The van der Waals surface area contributed by atoms with E-state index in [4.69, 9.17) is 17.3 Å². The molecule has 0 aromatic carbocycles. The van der Waals surface area contributed by atoms with Crippen molar-refractivity contribution in [1.82, 2.24) is 14.3 Å².